The molecule has 1 amide bonds. The van der Waals surface area contributed by atoms with Crippen LogP contribution < -0.4 is 4.90 Å². The standard InChI is InChI=1S/C24H23N3OS2/c1-4-29-20-11-6-5-10-19(20)23(28)27(15-18-9-7-8-14-25-18)24-26-22-17(3)16(2)12-13-21(22)30-24/h5-14H,4,15H2,1-3H3. The van der Waals surface area contributed by atoms with E-state index in [1.54, 1.807) is 34.2 Å². The lowest BCUT2D eigenvalue weighted by atomic mass is 10.1. The van der Waals surface area contributed by atoms with Crippen LogP contribution in [0.15, 0.2) is 65.7 Å². The number of amides is 1. The van der Waals surface area contributed by atoms with E-state index < -0.39 is 0 Å². The second kappa shape index (κ2) is 8.98. The van der Waals surface area contributed by atoms with Crippen LogP contribution in [0.3, 0.4) is 0 Å². The number of anilines is 1. The van der Waals surface area contributed by atoms with Gasteiger partial charge in [-0.15, -0.1) is 11.8 Å². The lowest BCUT2D eigenvalue weighted by Gasteiger charge is -2.21. The number of fused-ring (bicyclic) bond motifs is 1. The Morgan fingerprint density at radius 3 is 2.63 bits per heavy atom. The van der Waals surface area contributed by atoms with Gasteiger partial charge >= 0.3 is 0 Å². The number of carbonyl (C=O) groups excluding carboxylic acids is 1. The fraction of sp³-hybridized carbons (Fsp3) is 0.208. The first-order valence-corrected chi connectivity index (χ1v) is 11.7. The molecule has 4 aromatic rings. The first kappa shape index (κ1) is 20.6. The number of carbonyl (C=O) groups is 1. The molecule has 2 aromatic heterocycles. The average Bonchev–Trinajstić information content (AvgIpc) is 3.20. The predicted molar refractivity (Wildman–Crippen MR) is 127 cm³/mol. The maximum Gasteiger partial charge on any atom is 0.261 e. The van der Waals surface area contributed by atoms with Crippen molar-refractivity contribution in [3.05, 3.63) is 83.2 Å². The maximum atomic E-state index is 13.7. The summed E-state index contributed by atoms with van der Waals surface area (Å²) < 4.78 is 1.09. The van der Waals surface area contributed by atoms with Crippen molar-refractivity contribution in [1.82, 2.24) is 9.97 Å². The number of thioether (sulfide) groups is 1. The zero-order chi connectivity index (χ0) is 21.1. The molecule has 2 aromatic carbocycles. The summed E-state index contributed by atoms with van der Waals surface area (Å²) in [5.41, 5.74) is 4.85. The largest absolute Gasteiger partial charge is 0.278 e. The van der Waals surface area contributed by atoms with Crippen molar-refractivity contribution in [3.8, 4) is 0 Å². The lowest BCUT2D eigenvalue weighted by molar-refractivity contribution is 0.0982. The highest BCUT2D eigenvalue weighted by Crippen LogP contribution is 2.34. The zero-order valence-corrected chi connectivity index (χ0v) is 18.9. The summed E-state index contributed by atoms with van der Waals surface area (Å²) in [7, 11) is 0. The second-order valence-corrected chi connectivity index (χ2v) is 9.31. The zero-order valence-electron chi connectivity index (χ0n) is 17.3. The molecule has 2 heterocycles. The molecule has 0 saturated carbocycles. The third-order valence-electron chi connectivity index (χ3n) is 5.01. The maximum absolute atomic E-state index is 13.7. The van der Waals surface area contributed by atoms with Crippen LogP contribution in [-0.4, -0.2) is 21.6 Å². The Hall–Kier alpha value is -2.70. The van der Waals surface area contributed by atoms with Crippen molar-refractivity contribution in [2.45, 2.75) is 32.2 Å². The number of aryl methyl sites for hydroxylation is 2. The smallest absolute Gasteiger partial charge is 0.261 e. The fourth-order valence-corrected chi connectivity index (χ4v) is 5.10. The highest BCUT2D eigenvalue weighted by atomic mass is 32.2. The van der Waals surface area contributed by atoms with Crippen LogP contribution in [0.2, 0.25) is 0 Å². The molecule has 0 fully saturated rings. The van der Waals surface area contributed by atoms with Gasteiger partial charge in [-0.2, -0.15) is 0 Å². The van der Waals surface area contributed by atoms with E-state index in [2.05, 4.69) is 37.9 Å². The SMILES string of the molecule is CCSc1ccccc1C(=O)N(Cc1ccccn1)c1nc2c(C)c(C)ccc2s1. The predicted octanol–water partition coefficient (Wildman–Crippen LogP) is 6.27. The van der Waals surface area contributed by atoms with Crippen LogP contribution in [0, 0.1) is 13.8 Å². The molecule has 6 heteroatoms. The van der Waals surface area contributed by atoms with Gasteiger partial charge in [-0.3, -0.25) is 14.7 Å². The molecule has 0 radical (unpaired) electrons. The summed E-state index contributed by atoms with van der Waals surface area (Å²) in [6.45, 7) is 6.64. The Bertz CT molecular complexity index is 1190. The van der Waals surface area contributed by atoms with Crippen LogP contribution >= 0.6 is 23.1 Å². The molecular weight excluding hydrogens is 410 g/mol. The van der Waals surface area contributed by atoms with Crippen molar-refractivity contribution in [1.29, 1.82) is 0 Å². The molecular formula is C24H23N3OS2. The minimum Gasteiger partial charge on any atom is -0.278 e. The van der Waals surface area contributed by atoms with E-state index in [1.165, 1.54) is 5.56 Å². The lowest BCUT2D eigenvalue weighted by Crippen LogP contribution is -2.31. The molecule has 0 bridgehead atoms. The minimum atomic E-state index is -0.0503. The second-order valence-electron chi connectivity index (χ2n) is 6.99. The van der Waals surface area contributed by atoms with E-state index in [9.17, 15) is 4.79 Å². The fourth-order valence-electron chi connectivity index (χ4n) is 3.28. The number of thiazole rings is 1. The van der Waals surface area contributed by atoms with Crippen LogP contribution in [0.1, 0.15) is 34.1 Å². The summed E-state index contributed by atoms with van der Waals surface area (Å²) in [4.78, 5) is 25.8. The van der Waals surface area contributed by atoms with E-state index in [0.717, 1.165) is 32.1 Å². The number of benzene rings is 2. The van der Waals surface area contributed by atoms with Gasteiger partial charge < -0.3 is 0 Å². The summed E-state index contributed by atoms with van der Waals surface area (Å²) in [6.07, 6.45) is 1.75. The van der Waals surface area contributed by atoms with E-state index in [1.807, 2.05) is 42.5 Å². The van der Waals surface area contributed by atoms with Crippen molar-refractivity contribution < 1.29 is 4.79 Å². The first-order valence-electron chi connectivity index (χ1n) is 9.89. The normalized spacial score (nSPS) is 11.0. The van der Waals surface area contributed by atoms with Gasteiger partial charge in [0.25, 0.3) is 5.91 Å². The highest BCUT2D eigenvalue weighted by Gasteiger charge is 2.24. The number of rotatable bonds is 6. The molecule has 0 spiro atoms. The van der Waals surface area contributed by atoms with Crippen molar-refractivity contribution in [2.24, 2.45) is 0 Å². The number of aromatic nitrogens is 2. The van der Waals surface area contributed by atoms with Gasteiger partial charge in [0.05, 0.1) is 28.0 Å². The van der Waals surface area contributed by atoms with Crippen LogP contribution in [0.4, 0.5) is 5.13 Å². The topological polar surface area (TPSA) is 46.1 Å². The van der Waals surface area contributed by atoms with Gasteiger partial charge in [0, 0.05) is 11.1 Å². The number of hydrogen-bond acceptors (Lipinski definition) is 5. The molecule has 0 aliphatic heterocycles. The van der Waals surface area contributed by atoms with Gasteiger partial charge in [0.15, 0.2) is 5.13 Å². The van der Waals surface area contributed by atoms with E-state index in [0.29, 0.717) is 17.2 Å². The van der Waals surface area contributed by atoms with Gasteiger partial charge in [0.2, 0.25) is 0 Å². The van der Waals surface area contributed by atoms with E-state index >= 15 is 0 Å². The average molecular weight is 434 g/mol. The van der Waals surface area contributed by atoms with Crippen LogP contribution in [-0.2, 0) is 6.54 Å². The van der Waals surface area contributed by atoms with Crippen molar-refractivity contribution in [3.63, 3.8) is 0 Å². The molecule has 0 N–H and O–H groups in total. The molecule has 152 valence electrons. The van der Waals surface area contributed by atoms with Gasteiger partial charge in [-0.05, 0) is 61.1 Å². The van der Waals surface area contributed by atoms with Gasteiger partial charge in [0.1, 0.15) is 0 Å². The molecule has 0 saturated heterocycles. The van der Waals surface area contributed by atoms with Crippen LogP contribution in [0.5, 0.6) is 0 Å². The Kier molecular flexibility index (Phi) is 6.16. The third-order valence-corrected chi connectivity index (χ3v) is 7.01. The Morgan fingerprint density at radius 1 is 1.07 bits per heavy atom. The van der Waals surface area contributed by atoms with Crippen molar-refractivity contribution >= 4 is 44.4 Å². The summed E-state index contributed by atoms with van der Waals surface area (Å²) in [5, 5.41) is 0.700. The quantitative estimate of drug-likeness (QED) is 0.336. The number of nitrogens with zero attached hydrogens (tertiary/aromatic N) is 3. The number of hydrogen-bond donors (Lipinski definition) is 0. The number of pyridine rings is 1. The highest BCUT2D eigenvalue weighted by molar-refractivity contribution is 7.99. The van der Waals surface area contributed by atoms with Crippen LogP contribution in [0.25, 0.3) is 10.2 Å². The van der Waals surface area contributed by atoms with Gasteiger partial charge in [-0.1, -0.05) is 42.5 Å². The molecule has 0 aliphatic rings. The van der Waals surface area contributed by atoms with Crippen molar-refractivity contribution in [2.75, 3.05) is 10.7 Å². The third kappa shape index (κ3) is 4.11. The molecule has 0 aliphatic carbocycles. The molecule has 4 rings (SSSR count). The van der Waals surface area contributed by atoms with E-state index in [-0.39, 0.29) is 5.91 Å². The molecule has 0 atom stereocenters. The summed E-state index contributed by atoms with van der Waals surface area (Å²) in [6, 6.07) is 17.8. The summed E-state index contributed by atoms with van der Waals surface area (Å²) in [5.74, 6) is 0.857. The molecule has 0 unspecified atom stereocenters. The molecule has 4 nitrogen and oxygen atoms in total. The minimum absolute atomic E-state index is 0.0503. The Morgan fingerprint density at radius 2 is 1.87 bits per heavy atom. The summed E-state index contributed by atoms with van der Waals surface area (Å²) >= 11 is 3.23. The molecule has 30 heavy (non-hydrogen) atoms. The Labute approximate surface area is 185 Å². The first-order chi connectivity index (χ1) is 14.6. The van der Waals surface area contributed by atoms with Gasteiger partial charge in [-0.25, -0.2) is 4.98 Å². The van der Waals surface area contributed by atoms with E-state index in [4.69, 9.17) is 4.98 Å². The monoisotopic (exact) mass is 433 g/mol. The Balaban J connectivity index is 1.81.